The molecule has 0 radical (unpaired) electrons. The molecule has 24 heavy (non-hydrogen) atoms. The third-order valence-corrected chi connectivity index (χ3v) is 12.2. The van der Waals surface area contributed by atoms with Crippen molar-refractivity contribution in [1.29, 1.82) is 0 Å². The lowest BCUT2D eigenvalue weighted by Gasteiger charge is -2.46. The average Bonchev–Trinajstić information content (AvgIpc) is 2.49. The van der Waals surface area contributed by atoms with Crippen molar-refractivity contribution in [2.24, 2.45) is 0 Å². The van der Waals surface area contributed by atoms with Crippen molar-refractivity contribution in [2.45, 2.75) is 78.8 Å². The molecule has 0 aromatic carbocycles. The summed E-state index contributed by atoms with van der Waals surface area (Å²) < 4.78 is 24.7. The highest BCUT2D eigenvalue weighted by atomic mass is 28.4. The molecule has 0 heterocycles. The third-order valence-electron chi connectivity index (χ3n) is 4.69. The van der Waals surface area contributed by atoms with Gasteiger partial charge in [0.15, 0.2) is 0 Å². The maximum Gasteiger partial charge on any atom is 0.352 e. The van der Waals surface area contributed by atoms with Gasteiger partial charge in [-0.1, -0.05) is 13.8 Å². The van der Waals surface area contributed by atoms with Crippen LogP contribution in [-0.2, 0) is 17.7 Å². The first-order valence-corrected chi connectivity index (χ1v) is 14.4. The zero-order chi connectivity index (χ0) is 18.8. The van der Waals surface area contributed by atoms with Gasteiger partial charge in [-0.25, -0.2) is 0 Å². The molecule has 0 aromatic rings. The minimum absolute atomic E-state index is 0.273. The van der Waals surface area contributed by atoms with E-state index in [0.717, 1.165) is 12.8 Å². The summed E-state index contributed by atoms with van der Waals surface area (Å²) in [6.07, 6.45) is 2.00. The minimum atomic E-state index is -2.31. The van der Waals surface area contributed by atoms with Crippen LogP contribution in [0.3, 0.4) is 0 Å². The molecule has 7 heteroatoms. The molecule has 5 nitrogen and oxygen atoms in total. The molecular weight excluding hydrogens is 338 g/mol. The van der Waals surface area contributed by atoms with Gasteiger partial charge in [0.2, 0.25) is 0 Å². The van der Waals surface area contributed by atoms with E-state index in [1.54, 1.807) is 0 Å². The smallest absolute Gasteiger partial charge is 0.352 e. The molecular formula is C17H41NO4Si2. The summed E-state index contributed by atoms with van der Waals surface area (Å²) in [5, 5.41) is 0. The van der Waals surface area contributed by atoms with Crippen LogP contribution in [0.4, 0.5) is 0 Å². The first-order valence-electron chi connectivity index (χ1n) is 9.57. The molecule has 0 amide bonds. The van der Waals surface area contributed by atoms with E-state index in [-0.39, 0.29) is 11.3 Å². The highest BCUT2D eigenvalue weighted by Gasteiger charge is 2.49. The van der Waals surface area contributed by atoms with E-state index >= 15 is 0 Å². The van der Waals surface area contributed by atoms with Crippen LogP contribution in [0.1, 0.15) is 54.4 Å². The molecule has 0 aliphatic heterocycles. The Hall–Kier alpha value is 0.234. The van der Waals surface area contributed by atoms with E-state index in [1.165, 1.54) is 0 Å². The molecule has 0 aliphatic carbocycles. The lowest BCUT2D eigenvalue weighted by molar-refractivity contribution is 0.104. The Balaban J connectivity index is 5.61. The van der Waals surface area contributed by atoms with Crippen LogP contribution in [0.5, 0.6) is 0 Å². The molecule has 0 aromatic heterocycles. The van der Waals surface area contributed by atoms with Gasteiger partial charge < -0.3 is 17.7 Å². The molecule has 0 bridgehead atoms. The SMILES string of the molecule is CCO[Si](C)(OCC)C(CC)N(C)C(CC)[Si](C)(OCC)OCC. The quantitative estimate of drug-likeness (QED) is 0.429. The van der Waals surface area contributed by atoms with Gasteiger partial charge in [0.1, 0.15) is 0 Å². The van der Waals surface area contributed by atoms with E-state index in [1.807, 2.05) is 27.7 Å². The number of hydrogen-bond acceptors (Lipinski definition) is 5. The Bertz CT molecular complexity index is 292. The van der Waals surface area contributed by atoms with Crippen molar-refractivity contribution in [1.82, 2.24) is 4.90 Å². The van der Waals surface area contributed by atoms with Gasteiger partial charge in [0, 0.05) is 26.4 Å². The normalized spacial score (nSPS) is 15.8. The number of rotatable bonds is 14. The zero-order valence-corrected chi connectivity index (χ0v) is 19.5. The van der Waals surface area contributed by atoms with Crippen molar-refractivity contribution in [2.75, 3.05) is 33.5 Å². The molecule has 146 valence electrons. The van der Waals surface area contributed by atoms with Crippen molar-refractivity contribution in [3.8, 4) is 0 Å². The van der Waals surface area contributed by atoms with E-state index in [4.69, 9.17) is 17.7 Å². The zero-order valence-electron chi connectivity index (χ0n) is 17.5. The predicted octanol–water partition coefficient (Wildman–Crippen LogP) is 3.84. The molecule has 2 atom stereocenters. The monoisotopic (exact) mass is 379 g/mol. The second-order valence-electron chi connectivity index (χ2n) is 6.28. The molecule has 0 saturated carbocycles. The average molecular weight is 380 g/mol. The van der Waals surface area contributed by atoms with Crippen LogP contribution < -0.4 is 0 Å². The Morgan fingerprint density at radius 1 is 0.625 bits per heavy atom. The van der Waals surface area contributed by atoms with Crippen LogP contribution in [0.15, 0.2) is 0 Å². The fourth-order valence-corrected chi connectivity index (χ4v) is 10.6. The molecule has 0 N–H and O–H groups in total. The van der Waals surface area contributed by atoms with E-state index in [9.17, 15) is 0 Å². The lowest BCUT2D eigenvalue weighted by atomic mass is 10.4. The summed E-state index contributed by atoms with van der Waals surface area (Å²) in [5.74, 6) is 0. The summed E-state index contributed by atoms with van der Waals surface area (Å²) in [4.78, 5) is 2.44. The summed E-state index contributed by atoms with van der Waals surface area (Å²) in [6, 6.07) is 0. The lowest BCUT2D eigenvalue weighted by Crippen LogP contribution is -2.66. The Morgan fingerprint density at radius 2 is 0.875 bits per heavy atom. The fraction of sp³-hybridized carbons (Fsp3) is 1.00. The Morgan fingerprint density at radius 3 is 1.04 bits per heavy atom. The van der Waals surface area contributed by atoms with Crippen molar-refractivity contribution < 1.29 is 17.7 Å². The topological polar surface area (TPSA) is 40.2 Å². The molecule has 0 spiro atoms. The number of hydrogen-bond donors (Lipinski definition) is 0. The second-order valence-corrected chi connectivity index (χ2v) is 12.8. The van der Waals surface area contributed by atoms with Crippen molar-refractivity contribution >= 4 is 17.1 Å². The van der Waals surface area contributed by atoms with Gasteiger partial charge >= 0.3 is 17.1 Å². The van der Waals surface area contributed by atoms with Gasteiger partial charge in [0.05, 0.1) is 11.3 Å². The summed E-state index contributed by atoms with van der Waals surface area (Å²) in [5.41, 5.74) is 0.546. The highest BCUT2D eigenvalue weighted by Crippen LogP contribution is 2.28. The van der Waals surface area contributed by atoms with Gasteiger partial charge in [-0.3, -0.25) is 4.90 Å². The molecule has 0 saturated heterocycles. The standard InChI is InChI=1S/C17H41NO4Si2/c1-10-16(23(8,19-12-3)20-13-4)18(7)17(11-2)24(9,21-14-5)22-15-6/h16-17H,10-15H2,1-9H3. The molecule has 2 unspecified atom stereocenters. The summed E-state index contributed by atoms with van der Waals surface area (Å²) in [6.45, 7) is 19.8. The van der Waals surface area contributed by atoms with E-state index in [0.29, 0.717) is 26.4 Å². The van der Waals surface area contributed by atoms with Crippen LogP contribution in [0.25, 0.3) is 0 Å². The summed E-state index contributed by atoms with van der Waals surface area (Å²) in [7, 11) is -2.43. The first kappa shape index (κ1) is 24.2. The maximum absolute atomic E-state index is 6.18. The Kier molecular flexibility index (Phi) is 11.9. The Labute approximate surface area is 152 Å². The molecule has 0 fully saturated rings. The largest absolute Gasteiger partial charge is 0.394 e. The van der Waals surface area contributed by atoms with Crippen LogP contribution >= 0.6 is 0 Å². The first-order chi connectivity index (χ1) is 11.3. The van der Waals surface area contributed by atoms with Gasteiger partial charge in [-0.15, -0.1) is 0 Å². The van der Waals surface area contributed by atoms with Gasteiger partial charge in [-0.05, 0) is 60.7 Å². The van der Waals surface area contributed by atoms with Crippen LogP contribution in [-0.4, -0.2) is 66.8 Å². The van der Waals surface area contributed by atoms with E-state index < -0.39 is 17.1 Å². The highest BCUT2D eigenvalue weighted by molar-refractivity contribution is 6.69. The van der Waals surface area contributed by atoms with Gasteiger partial charge in [-0.2, -0.15) is 0 Å². The third kappa shape index (κ3) is 6.19. The van der Waals surface area contributed by atoms with Crippen molar-refractivity contribution in [3.05, 3.63) is 0 Å². The summed E-state index contributed by atoms with van der Waals surface area (Å²) >= 11 is 0. The van der Waals surface area contributed by atoms with Crippen LogP contribution in [0, 0.1) is 0 Å². The van der Waals surface area contributed by atoms with Crippen LogP contribution in [0.2, 0.25) is 13.1 Å². The fourth-order valence-electron chi connectivity index (χ4n) is 3.89. The second kappa shape index (κ2) is 11.8. The molecule has 0 aliphatic rings. The predicted molar refractivity (Wildman–Crippen MR) is 106 cm³/mol. The van der Waals surface area contributed by atoms with E-state index in [2.05, 4.69) is 38.9 Å². The van der Waals surface area contributed by atoms with Gasteiger partial charge in [0.25, 0.3) is 0 Å². The minimum Gasteiger partial charge on any atom is -0.394 e. The maximum atomic E-state index is 6.18. The molecule has 0 rings (SSSR count). The van der Waals surface area contributed by atoms with Crippen molar-refractivity contribution in [3.63, 3.8) is 0 Å². The number of nitrogens with zero attached hydrogens (tertiary/aromatic N) is 1.